The zero-order chi connectivity index (χ0) is 13.8. The van der Waals surface area contributed by atoms with Gasteiger partial charge >= 0.3 is 0 Å². The number of rotatable bonds is 5. The molecule has 1 rings (SSSR count). The number of nitrogens with zero attached hydrogens (tertiary/aromatic N) is 2. The SMILES string of the molecule is C=CC(=O)N(CC)CC(=O)N(C)C1(C)CCOC1. The molecule has 0 bridgehead atoms. The van der Waals surface area contributed by atoms with Crippen LogP contribution in [0.25, 0.3) is 0 Å². The summed E-state index contributed by atoms with van der Waals surface area (Å²) >= 11 is 0. The highest BCUT2D eigenvalue weighted by Crippen LogP contribution is 2.24. The molecule has 0 aliphatic carbocycles. The van der Waals surface area contributed by atoms with Gasteiger partial charge in [0.05, 0.1) is 12.1 Å². The Kier molecular flexibility index (Phi) is 4.90. The Hall–Kier alpha value is -1.36. The molecule has 0 aromatic heterocycles. The first-order valence-electron chi connectivity index (χ1n) is 6.20. The highest BCUT2D eigenvalue weighted by atomic mass is 16.5. The molecule has 1 saturated heterocycles. The summed E-state index contributed by atoms with van der Waals surface area (Å²) in [5.74, 6) is -0.285. The van der Waals surface area contributed by atoms with E-state index in [2.05, 4.69) is 6.58 Å². The molecule has 0 spiro atoms. The van der Waals surface area contributed by atoms with Crippen LogP contribution in [0.4, 0.5) is 0 Å². The highest BCUT2D eigenvalue weighted by Gasteiger charge is 2.36. The first kappa shape index (κ1) is 14.7. The van der Waals surface area contributed by atoms with Crippen molar-refractivity contribution in [2.45, 2.75) is 25.8 Å². The Balaban J connectivity index is 2.63. The van der Waals surface area contributed by atoms with Crippen molar-refractivity contribution in [3.8, 4) is 0 Å². The van der Waals surface area contributed by atoms with E-state index in [-0.39, 0.29) is 23.9 Å². The second kappa shape index (κ2) is 6.00. The summed E-state index contributed by atoms with van der Waals surface area (Å²) < 4.78 is 5.34. The van der Waals surface area contributed by atoms with Crippen LogP contribution in [0.3, 0.4) is 0 Å². The lowest BCUT2D eigenvalue weighted by Crippen LogP contribution is -2.51. The summed E-state index contributed by atoms with van der Waals surface area (Å²) in [5, 5.41) is 0. The standard InChI is InChI=1S/C13H22N2O3/c1-5-11(16)15(6-2)9-12(17)14(4)13(3)7-8-18-10-13/h5H,1,6-10H2,2-4H3. The molecule has 1 aliphatic rings. The van der Waals surface area contributed by atoms with Crippen molar-refractivity contribution in [2.24, 2.45) is 0 Å². The Labute approximate surface area is 108 Å². The molecule has 0 aromatic rings. The van der Waals surface area contributed by atoms with E-state index < -0.39 is 0 Å². The fraction of sp³-hybridized carbons (Fsp3) is 0.692. The molecule has 5 heteroatoms. The van der Waals surface area contributed by atoms with Gasteiger partial charge in [0, 0.05) is 20.2 Å². The Morgan fingerprint density at radius 1 is 1.50 bits per heavy atom. The van der Waals surface area contributed by atoms with Gasteiger partial charge in [-0.25, -0.2) is 0 Å². The Bertz CT molecular complexity index is 335. The van der Waals surface area contributed by atoms with Crippen molar-refractivity contribution in [2.75, 3.05) is 33.4 Å². The van der Waals surface area contributed by atoms with Gasteiger partial charge < -0.3 is 14.5 Å². The van der Waals surface area contributed by atoms with E-state index in [1.54, 1.807) is 11.9 Å². The molecule has 1 aliphatic heterocycles. The predicted octanol–water partition coefficient (Wildman–Crippen LogP) is 0.658. The van der Waals surface area contributed by atoms with Gasteiger partial charge in [-0.05, 0) is 26.3 Å². The van der Waals surface area contributed by atoms with Crippen LogP contribution in [0.1, 0.15) is 20.3 Å². The maximum Gasteiger partial charge on any atom is 0.246 e. The minimum Gasteiger partial charge on any atom is -0.379 e. The van der Waals surface area contributed by atoms with Crippen LogP contribution < -0.4 is 0 Å². The molecule has 5 nitrogen and oxygen atoms in total. The second-order valence-corrected chi connectivity index (χ2v) is 4.81. The molecule has 2 amide bonds. The Morgan fingerprint density at radius 2 is 2.17 bits per heavy atom. The minimum atomic E-state index is -0.256. The van der Waals surface area contributed by atoms with Gasteiger partial charge in [-0.3, -0.25) is 9.59 Å². The third kappa shape index (κ3) is 3.10. The van der Waals surface area contributed by atoms with Crippen molar-refractivity contribution in [3.63, 3.8) is 0 Å². The summed E-state index contributed by atoms with van der Waals surface area (Å²) in [4.78, 5) is 26.9. The average molecular weight is 254 g/mol. The fourth-order valence-corrected chi connectivity index (χ4v) is 1.97. The molecule has 1 heterocycles. The number of ether oxygens (including phenoxy) is 1. The lowest BCUT2D eigenvalue weighted by atomic mass is 10.00. The molecule has 0 radical (unpaired) electrons. The number of hydrogen-bond donors (Lipinski definition) is 0. The summed E-state index contributed by atoms with van der Waals surface area (Å²) in [6.07, 6.45) is 2.06. The van der Waals surface area contributed by atoms with Crippen molar-refractivity contribution in [3.05, 3.63) is 12.7 Å². The average Bonchev–Trinajstić information content (AvgIpc) is 2.81. The molecule has 18 heavy (non-hydrogen) atoms. The fourth-order valence-electron chi connectivity index (χ4n) is 1.97. The molecule has 1 fully saturated rings. The van der Waals surface area contributed by atoms with E-state index in [4.69, 9.17) is 4.74 Å². The zero-order valence-electron chi connectivity index (χ0n) is 11.4. The quantitative estimate of drug-likeness (QED) is 0.677. The summed E-state index contributed by atoms with van der Waals surface area (Å²) in [7, 11) is 1.77. The van der Waals surface area contributed by atoms with Gasteiger partial charge in [-0.2, -0.15) is 0 Å². The largest absolute Gasteiger partial charge is 0.379 e. The first-order chi connectivity index (χ1) is 8.44. The molecular formula is C13H22N2O3. The maximum absolute atomic E-state index is 12.2. The van der Waals surface area contributed by atoms with Crippen LogP contribution in [0.2, 0.25) is 0 Å². The number of carbonyl (C=O) groups excluding carboxylic acids is 2. The van der Waals surface area contributed by atoms with Gasteiger partial charge in [0.2, 0.25) is 11.8 Å². The van der Waals surface area contributed by atoms with E-state index in [0.29, 0.717) is 19.8 Å². The van der Waals surface area contributed by atoms with E-state index in [9.17, 15) is 9.59 Å². The van der Waals surface area contributed by atoms with E-state index in [1.807, 2.05) is 13.8 Å². The van der Waals surface area contributed by atoms with Crippen LogP contribution in [-0.2, 0) is 14.3 Å². The van der Waals surface area contributed by atoms with Gasteiger partial charge in [0.25, 0.3) is 0 Å². The number of carbonyl (C=O) groups is 2. The van der Waals surface area contributed by atoms with Crippen LogP contribution in [-0.4, -0.2) is 60.5 Å². The lowest BCUT2D eigenvalue weighted by Gasteiger charge is -2.35. The molecule has 0 saturated carbocycles. The van der Waals surface area contributed by atoms with Crippen LogP contribution >= 0.6 is 0 Å². The van der Waals surface area contributed by atoms with Gasteiger partial charge in [0.15, 0.2) is 0 Å². The molecule has 0 N–H and O–H groups in total. The monoisotopic (exact) mass is 254 g/mol. The van der Waals surface area contributed by atoms with Gasteiger partial charge in [-0.1, -0.05) is 6.58 Å². The van der Waals surface area contributed by atoms with E-state index in [1.165, 1.54) is 11.0 Å². The molecule has 102 valence electrons. The van der Waals surface area contributed by atoms with Crippen LogP contribution in [0.5, 0.6) is 0 Å². The second-order valence-electron chi connectivity index (χ2n) is 4.81. The van der Waals surface area contributed by atoms with Crippen molar-refractivity contribution < 1.29 is 14.3 Å². The van der Waals surface area contributed by atoms with Crippen molar-refractivity contribution >= 4 is 11.8 Å². The normalized spacial score (nSPS) is 22.6. The van der Waals surface area contributed by atoms with Gasteiger partial charge in [-0.15, -0.1) is 0 Å². The Morgan fingerprint density at radius 3 is 2.61 bits per heavy atom. The minimum absolute atomic E-state index is 0.0694. The van der Waals surface area contributed by atoms with Crippen LogP contribution in [0.15, 0.2) is 12.7 Å². The topological polar surface area (TPSA) is 49.9 Å². The molecule has 0 aromatic carbocycles. The number of likely N-dealkylation sites (N-methyl/N-ethyl adjacent to an activating group) is 2. The summed E-state index contributed by atoms with van der Waals surface area (Å²) in [5.41, 5.74) is -0.256. The van der Waals surface area contributed by atoms with Gasteiger partial charge in [0.1, 0.15) is 6.54 Å². The third-order valence-electron chi connectivity index (χ3n) is 3.58. The highest BCUT2D eigenvalue weighted by molar-refractivity contribution is 5.91. The lowest BCUT2D eigenvalue weighted by molar-refractivity contribution is -0.141. The van der Waals surface area contributed by atoms with E-state index >= 15 is 0 Å². The van der Waals surface area contributed by atoms with E-state index in [0.717, 1.165) is 6.42 Å². The predicted molar refractivity (Wildman–Crippen MR) is 69.1 cm³/mol. The van der Waals surface area contributed by atoms with Crippen molar-refractivity contribution in [1.82, 2.24) is 9.80 Å². The number of amides is 2. The first-order valence-corrected chi connectivity index (χ1v) is 6.20. The molecular weight excluding hydrogens is 232 g/mol. The smallest absolute Gasteiger partial charge is 0.246 e. The maximum atomic E-state index is 12.2. The third-order valence-corrected chi connectivity index (χ3v) is 3.58. The van der Waals surface area contributed by atoms with Crippen molar-refractivity contribution in [1.29, 1.82) is 0 Å². The summed E-state index contributed by atoms with van der Waals surface area (Å²) in [6.45, 7) is 9.10. The zero-order valence-corrected chi connectivity index (χ0v) is 11.4. The molecule has 1 atom stereocenters. The summed E-state index contributed by atoms with van der Waals surface area (Å²) in [6, 6.07) is 0. The molecule has 1 unspecified atom stereocenters. The van der Waals surface area contributed by atoms with Crippen LogP contribution in [0, 0.1) is 0 Å². The number of hydrogen-bond acceptors (Lipinski definition) is 3.